The van der Waals surface area contributed by atoms with Crippen molar-refractivity contribution in [1.29, 1.82) is 0 Å². The Bertz CT molecular complexity index is 283. The predicted molar refractivity (Wildman–Crippen MR) is 47.9 cm³/mol. The summed E-state index contributed by atoms with van der Waals surface area (Å²) in [4.78, 5) is 10.3. The average molecular weight is 208 g/mol. The van der Waals surface area contributed by atoms with Gasteiger partial charge in [0.15, 0.2) is 6.10 Å². The summed E-state index contributed by atoms with van der Waals surface area (Å²) >= 11 is 0. The van der Waals surface area contributed by atoms with Gasteiger partial charge in [-0.05, 0) is 17.7 Å². The zero-order valence-corrected chi connectivity index (χ0v) is 6.14. The van der Waals surface area contributed by atoms with E-state index in [2.05, 4.69) is 0 Å². The number of aliphatic carboxylic acids is 1. The van der Waals surface area contributed by atoms with Crippen LogP contribution in [0.4, 0.5) is 0 Å². The van der Waals surface area contributed by atoms with Gasteiger partial charge in [-0.15, -0.1) is 0 Å². The third-order valence-electron chi connectivity index (χ3n) is 1.44. The number of carboxylic acid groups (broad SMARTS) is 1. The molecule has 66 valence electrons. The molecule has 3 N–H and O–H groups in total. The van der Waals surface area contributed by atoms with Gasteiger partial charge in [-0.2, -0.15) is 0 Å². The van der Waals surface area contributed by atoms with Gasteiger partial charge in [0.2, 0.25) is 0 Å². The summed E-state index contributed by atoms with van der Waals surface area (Å²) in [5.74, 6) is -1.27. The molecular formula is C8H9KO4. The van der Waals surface area contributed by atoms with E-state index in [9.17, 15) is 4.79 Å². The monoisotopic (exact) mass is 208 g/mol. The van der Waals surface area contributed by atoms with Gasteiger partial charge in [0.25, 0.3) is 0 Å². The number of rotatable bonds is 2. The van der Waals surface area contributed by atoms with Crippen LogP contribution in [0.25, 0.3) is 0 Å². The van der Waals surface area contributed by atoms with E-state index in [1.165, 1.54) is 24.3 Å². The normalized spacial score (nSPS) is 11.5. The summed E-state index contributed by atoms with van der Waals surface area (Å²) in [5.41, 5.74) is 0.250. The van der Waals surface area contributed by atoms with Gasteiger partial charge in [-0.25, -0.2) is 4.79 Å². The molecule has 0 saturated carbocycles. The Morgan fingerprint density at radius 2 is 1.69 bits per heavy atom. The number of aliphatic hydroxyl groups is 1. The number of carbonyl (C=O) groups is 1. The summed E-state index contributed by atoms with van der Waals surface area (Å²) in [6.45, 7) is 0. The van der Waals surface area contributed by atoms with Gasteiger partial charge in [-0.3, -0.25) is 0 Å². The third-order valence-corrected chi connectivity index (χ3v) is 1.44. The molecule has 0 saturated heterocycles. The van der Waals surface area contributed by atoms with Gasteiger partial charge in [0.1, 0.15) is 5.75 Å². The van der Waals surface area contributed by atoms with Crippen molar-refractivity contribution in [3.8, 4) is 5.75 Å². The molecule has 1 aromatic carbocycles. The second kappa shape index (κ2) is 5.74. The Morgan fingerprint density at radius 1 is 1.23 bits per heavy atom. The van der Waals surface area contributed by atoms with Gasteiger partial charge in [0.05, 0.1) is 0 Å². The first-order valence-electron chi connectivity index (χ1n) is 3.31. The van der Waals surface area contributed by atoms with Crippen molar-refractivity contribution in [1.82, 2.24) is 0 Å². The van der Waals surface area contributed by atoms with E-state index in [-0.39, 0.29) is 62.7 Å². The van der Waals surface area contributed by atoms with Crippen LogP contribution in [0, 0.1) is 0 Å². The molecule has 0 spiro atoms. The van der Waals surface area contributed by atoms with Gasteiger partial charge in [0, 0.05) is 0 Å². The van der Waals surface area contributed by atoms with E-state index >= 15 is 0 Å². The summed E-state index contributed by atoms with van der Waals surface area (Å²) < 4.78 is 0. The topological polar surface area (TPSA) is 77.8 Å². The molecule has 0 aliphatic carbocycles. The summed E-state index contributed by atoms with van der Waals surface area (Å²) in [6.07, 6.45) is -1.52. The molecule has 0 aliphatic heterocycles. The van der Waals surface area contributed by atoms with Crippen molar-refractivity contribution < 1.29 is 20.1 Å². The number of hydrogen-bond acceptors (Lipinski definition) is 3. The first-order valence-corrected chi connectivity index (χ1v) is 3.31. The standard InChI is InChI=1S/C8H8O4.K.H/c9-6-3-1-5(2-4-6)7(10)8(11)12;;/h1-4,7,9-10H,(H,11,12);;. The maximum absolute atomic E-state index is 10.3. The van der Waals surface area contributed by atoms with Crippen molar-refractivity contribution in [2.24, 2.45) is 0 Å². The fourth-order valence-electron chi connectivity index (χ4n) is 0.799. The summed E-state index contributed by atoms with van der Waals surface area (Å²) in [6, 6.07) is 5.35. The number of aromatic hydroxyl groups is 1. The van der Waals surface area contributed by atoms with Crippen LogP contribution in [0.15, 0.2) is 24.3 Å². The van der Waals surface area contributed by atoms with E-state index in [1.54, 1.807) is 0 Å². The molecule has 1 aromatic rings. The van der Waals surface area contributed by atoms with Crippen LogP contribution < -0.4 is 0 Å². The van der Waals surface area contributed by atoms with Crippen LogP contribution >= 0.6 is 0 Å². The molecular weight excluding hydrogens is 199 g/mol. The number of aliphatic hydroxyl groups excluding tert-OH is 1. The Morgan fingerprint density at radius 3 is 2.08 bits per heavy atom. The SMILES string of the molecule is O=C(O)C(O)c1ccc(O)cc1.[KH]. The number of carboxylic acids is 1. The minimum absolute atomic E-state index is 0. The first-order chi connectivity index (χ1) is 5.61. The second-order valence-electron chi connectivity index (χ2n) is 2.33. The van der Waals surface area contributed by atoms with Crippen LogP contribution in [0.5, 0.6) is 5.75 Å². The van der Waals surface area contributed by atoms with Crippen molar-refractivity contribution in [2.45, 2.75) is 6.10 Å². The Hall–Kier alpha value is 0.0864. The fraction of sp³-hybridized carbons (Fsp3) is 0.125. The summed E-state index contributed by atoms with van der Waals surface area (Å²) in [5, 5.41) is 26.2. The zero-order chi connectivity index (χ0) is 9.14. The first kappa shape index (κ1) is 13.1. The van der Waals surface area contributed by atoms with Crippen molar-refractivity contribution >= 4 is 57.4 Å². The molecule has 0 amide bonds. The molecule has 0 heterocycles. The van der Waals surface area contributed by atoms with Gasteiger partial charge in [-0.1, -0.05) is 12.1 Å². The van der Waals surface area contributed by atoms with Crippen LogP contribution in [0.3, 0.4) is 0 Å². The molecule has 0 radical (unpaired) electrons. The molecule has 0 fully saturated rings. The Labute approximate surface area is 118 Å². The fourth-order valence-corrected chi connectivity index (χ4v) is 0.799. The number of phenolic OH excluding ortho intramolecular Hbond substituents is 1. The third kappa shape index (κ3) is 3.76. The zero-order valence-electron chi connectivity index (χ0n) is 6.14. The number of benzene rings is 1. The van der Waals surface area contributed by atoms with Crippen LogP contribution in [-0.4, -0.2) is 72.7 Å². The van der Waals surface area contributed by atoms with Gasteiger partial charge < -0.3 is 15.3 Å². The molecule has 13 heavy (non-hydrogen) atoms. The number of hydrogen-bond donors (Lipinski definition) is 3. The van der Waals surface area contributed by atoms with E-state index in [0.717, 1.165) is 0 Å². The van der Waals surface area contributed by atoms with E-state index in [4.69, 9.17) is 15.3 Å². The molecule has 1 atom stereocenters. The van der Waals surface area contributed by atoms with Crippen LogP contribution in [0.1, 0.15) is 11.7 Å². The molecule has 0 aromatic heterocycles. The molecule has 0 bridgehead atoms. The van der Waals surface area contributed by atoms with Crippen molar-refractivity contribution in [3.63, 3.8) is 0 Å². The summed E-state index contributed by atoms with van der Waals surface area (Å²) in [7, 11) is 0. The quantitative estimate of drug-likeness (QED) is 0.591. The number of phenols is 1. The van der Waals surface area contributed by atoms with Crippen molar-refractivity contribution in [2.75, 3.05) is 0 Å². The molecule has 1 unspecified atom stereocenters. The van der Waals surface area contributed by atoms with Crippen molar-refractivity contribution in [3.05, 3.63) is 29.8 Å². The van der Waals surface area contributed by atoms with E-state index in [1.807, 2.05) is 0 Å². The Kier molecular flexibility index (Phi) is 5.78. The van der Waals surface area contributed by atoms with Crippen LogP contribution in [-0.2, 0) is 4.79 Å². The molecule has 1 rings (SSSR count). The van der Waals surface area contributed by atoms with Gasteiger partial charge >= 0.3 is 57.4 Å². The molecule has 5 heteroatoms. The minimum atomic E-state index is -1.52. The predicted octanol–water partition coefficient (Wildman–Crippen LogP) is -0.138. The Balaban J connectivity index is 0.00000144. The van der Waals surface area contributed by atoms with Crippen LogP contribution in [0.2, 0.25) is 0 Å². The average Bonchev–Trinajstić information content (AvgIpc) is 2.04. The maximum atomic E-state index is 10.3. The van der Waals surface area contributed by atoms with E-state index < -0.39 is 12.1 Å². The van der Waals surface area contributed by atoms with E-state index in [0.29, 0.717) is 0 Å². The second-order valence-corrected chi connectivity index (χ2v) is 2.33. The molecule has 4 nitrogen and oxygen atoms in total. The molecule has 0 aliphatic rings.